The van der Waals surface area contributed by atoms with Crippen molar-refractivity contribution in [2.24, 2.45) is 5.92 Å². The fourth-order valence-electron chi connectivity index (χ4n) is 2.31. The van der Waals surface area contributed by atoms with Gasteiger partial charge in [0.1, 0.15) is 5.82 Å². The zero-order valence-electron chi connectivity index (χ0n) is 10.4. The van der Waals surface area contributed by atoms with Crippen LogP contribution in [0.4, 0.5) is 4.39 Å². The first-order valence-corrected chi connectivity index (χ1v) is 6.45. The minimum absolute atomic E-state index is 0.169. The van der Waals surface area contributed by atoms with Crippen molar-refractivity contribution in [3.05, 3.63) is 35.6 Å². The summed E-state index contributed by atoms with van der Waals surface area (Å²) in [6.07, 6.45) is 2.58. The van der Waals surface area contributed by atoms with Crippen LogP contribution in [0.5, 0.6) is 0 Å². The van der Waals surface area contributed by atoms with Crippen molar-refractivity contribution in [3.63, 3.8) is 0 Å². The van der Waals surface area contributed by atoms with Gasteiger partial charge in [0.05, 0.1) is 0 Å². The molecule has 1 saturated heterocycles. The molecular weight excluding hydrogens is 215 g/mol. The topological polar surface area (TPSA) is 24.1 Å². The van der Waals surface area contributed by atoms with Gasteiger partial charge in [0.15, 0.2) is 0 Å². The fourth-order valence-corrected chi connectivity index (χ4v) is 2.31. The Balaban J connectivity index is 1.80. The van der Waals surface area contributed by atoms with Gasteiger partial charge in [-0.1, -0.05) is 12.1 Å². The molecule has 17 heavy (non-hydrogen) atoms. The number of halogens is 1. The normalized spacial score (nSPS) is 22.4. The van der Waals surface area contributed by atoms with Gasteiger partial charge in [-0.05, 0) is 63.0 Å². The molecule has 0 unspecified atom stereocenters. The van der Waals surface area contributed by atoms with Crippen LogP contribution in [-0.4, -0.2) is 19.6 Å². The number of nitrogens with one attached hydrogen (secondary N) is 2. The lowest BCUT2D eigenvalue weighted by molar-refractivity contribution is 0.348. The molecule has 1 aromatic rings. The molecule has 2 atom stereocenters. The van der Waals surface area contributed by atoms with Crippen molar-refractivity contribution in [2.45, 2.75) is 25.8 Å². The van der Waals surface area contributed by atoms with Crippen molar-refractivity contribution in [3.8, 4) is 0 Å². The smallest absolute Gasteiger partial charge is 0.123 e. The summed E-state index contributed by atoms with van der Waals surface area (Å²) in [5.41, 5.74) is 1.15. The number of rotatable bonds is 4. The highest BCUT2D eigenvalue weighted by Gasteiger charge is 2.14. The molecule has 0 aliphatic carbocycles. The number of hydrogen-bond acceptors (Lipinski definition) is 2. The fraction of sp³-hybridized carbons (Fsp3) is 0.571. The number of hydrogen-bond donors (Lipinski definition) is 2. The highest BCUT2D eigenvalue weighted by atomic mass is 19.1. The minimum atomic E-state index is -0.169. The molecule has 1 aliphatic heterocycles. The van der Waals surface area contributed by atoms with Crippen molar-refractivity contribution in [1.29, 1.82) is 0 Å². The second-order valence-corrected chi connectivity index (χ2v) is 4.89. The molecule has 0 radical (unpaired) electrons. The molecule has 1 aliphatic rings. The van der Waals surface area contributed by atoms with Crippen molar-refractivity contribution in [2.75, 3.05) is 19.6 Å². The van der Waals surface area contributed by atoms with Crippen LogP contribution in [0.15, 0.2) is 24.3 Å². The lowest BCUT2D eigenvalue weighted by atomic mass is 9.99. The maximum absolute atomic E-state index is 12.8. The minimum Gasteiger partial charge on any atom is -0.316 e. The predicted molar refractivity (Wildman–Crippen MR) is 68.4 cm³/mol. The monoisotopic (exact) mass is 236 g/mol. The summed E-state index contributed by atoms with van der Waals surface area (Å²) in [5.74, 6) is 0.559. The quantitative estimate of drug-likeness (QED) is 0.839. The van der Waals surface area contributed by atoms with E-state index in [4.69, 9.17) is 0 Å². The molecule has 3 heteroatoms. The third-order valence-electron chi connectivity index (χ3n) is 3.48. The predicted octanol–water partition coefficient (Wildman–Crippen LogP) is 2.48. The third kappa shape index (κ3) is 3.79. The van der Waals surface area contributed by atoms with Crippen LogP contribution in [-0.2, 0) is 0 Å². The van der Waals surface area contributed by atoms with Crippen LogP contribution >= 0.6 is 0 Å². The van der Waals surface area contributed by atoms with Gasteiger partial charge in [-0.25, -0.2) is 4.39 Å². The Morgan fingerprint density at radius 2 is 2.18 bits per heavy atom. The van der Waals surface area contributed by atoms with Crippen LogP contribution < -0.4 is 10.6 Å². The van der Waals surface area contributed by atoms with E-state index >= 15 is 0 Å². The van der Waals surface area contributed by atoms with E-state index in [1.54, 1.807) is 0 Å². The van der Waals surface area contributed by atoms with Gasteiger partial charge in [0.2, 0.25) is 0 Å². The van der Waals surface area contributed by atoms with E-state index in [1.165, 1.54) is 25.0 Å². The molecule has 0 amide bonds. The molecule has 2 rings (SSSR count). The Morgan fingerprint density at radius 3 is 2.82 bits per heavy atom. The highest BCUT2D eigenvalue weighted by Crippen LogP contribution is 2.15. The van der Waals surface area contributed by atoms with Crippen LogP contribution in [0.25, 0.3) is 0 Å². The largest absolute Gasteiger partial charge is 0.316 e. The van der Waals surface area contributed by atoms with Crippen LogP contribution in [0, 0.1) is 11.7 Å². The summed E-state index contributed by atoms with van der Waals surface area (Å²) in [7, 11) is 0. The van der Waals surface area contributed by atoms with Crippen molar-refractivity contribution < 1.29 is 4.39 Å². The zero-order chi connectivity index (χ0) is 12.1. The van der Waals surface area contributed by atoms with E-state index in [0.29, 0.717) is 0 Å². The summed E-state index contributed by atoms with van der Waals surface area (Å²) in [5, 5.41) is 6.94. The summed E-state index contributed by atoms with van der Waals surface area (Å²) in [6.45, 7) is 5.43. The van der Waals surface area contributed by atoms with Gasteiger partial charge in [-0.3, -0.25) is 0 Å². The first-order chi connectivity index (χ1) is 8.25. The molecule has 2 nitrogen and oxygen atoms in total. The van der Waals surface area contributed by atoms with E-state index in [2.05, 4.69) is 17.6 Å². The van der Waals surface area contributed by atoms with E-state index in [1.807, 2.05) is 12.1 Å². The first kappa shape index (κ1) is 12.5. The second-order valence-electron chi connectivity index (χ2n) is 4.89. The van der Waals surface area contributed by atoms with E-state index in [0.717, 1.165) is 31.1 Å². The van der Waals surface area contributed by atoms with Gasteiger partial charge >= 0.3 is 0 Å². The molecule has 94 valence electrons. The molecule has 1 heterocycles. The Kier molecular flexibility index (Phi) is 4.51. The molecule has 0 aromatic heterocycles. The van der Waals surface area contributed by atoms with E-state index < -0.39 is 0 Å². The van der Waals surface area contributed by atoms with E-state index in [-0.39, 0.29) is 11.9 Å². The first-order valence-electron chi connectivity index (χ1n) is 6.45. The molecule has 0 bridgehead atoms. The third-order valence-corrected chi connectivity index (χ3v) is 3.48. The van der Waals surface area contributed by atoms with E-state index in [9.17, 15) is 4.39 Å². The van der Waals surface area contributed by atoms with Crippen molar-refractivity contribution >= 4 is 0 Å². The lowest BCUT2D eigenvalue weighted by Gasteiger charge is -2.25. The van der Waals surface area contributed by atoms with Crippen LogP contribution in [0.3, 0.4) is 0 Å². The van der Waals surface area contributed by atoms with Crippen molar-refractivity contribution in [1.82, 2.24) is 10.6 Å². The summed E-state index contributed by atoms with van der Waals surface area (Å²) in [4.78, 5) is 0. The lowest BCUT2D eigenvalue weighted by Crippen LogP contribution is -2.36. The average molecular weight is 236 g/mol. The Bertz CT molecular complexity index is 331. The summed E-state index contributed by atoms with van der Waals surface area (Å²) in [6, 6.07) is 7.04. The molecule has 2 N–H and O–H groups in total. The maximum Gasteiger partial charge on any atom is 0.123 e. The standard InChI is InChI=1S/C14H21FN2/c1-11(13-4-6-14(15)7-5-13)17-10-12-3-2-8-16-9-12/h4-7,11-12,16-17H,2-3,8-10H2,1H3/t11-,12-/m0/s1. The highest BCUT2D eigenvalue weighted by molar-refractivity contribution is 5.19. The number of piperidine rings is 1. The SMILES string of the molecule is C[C@H](NC[C@H]1CCCNC1)c1ccc(F)cc1. The second kappa shape index (κ2) is 6.12. The Morgan fingerprint density at radius 1 is 1.41 bits per heavy atom. The molecule has 1 fully saturated rings. The maximum atomic E-state index is 12.8. The van der Waals surface area contributed by atoms with Gasteiger partial charge in [-0.15, -0.1) is 0 Å². The molecule has 1 aromatic carbocycles. The molecular formula is C14H21FN2. The van der Waals surface area contributed by atoms with Gasteiger partial charge in [-0.2, -0.15) is 0 Å². The summed E-state index contributed by atoms with van der Waals surface area (Å²) >= 11 is 0. The number of benzene rings is 1. The van der Waals surface area contributed by atoms with Crippen LogP contribution in [0.2, 0.25) is 0 Å². The van der Waals surface area contributed by atoms with Gasteiger partial charge < -0.3 is 10.6 Å². The zero-order valence-corrected chi connectivity index (χ0v) is 10.4. The van der Waals surface area contributed by atoms with Crippen LogP contribution in [0.1, 0.15) is 31.4 Å². The average Bonchev–Trinajstić information content (AvgIpc) is 2.38. The van der Waals surface area contributed by atoms with Gasteiger partial charge in [0.25, 0.3) is 0 Å². The molecule has 0 saturated carbocycles. The summed E-state index contributed by atoms with van der Waals surface area (Å²) < 4.78 is 12.8. The van der Waals surface area contributed by atoms with Gasteiger partial charge in [0, 0.05) is 6.04 Å². The molecule has 0 spiro atoms. The Hall–Kier alpha value is -0.930. The Labute approximate surface area is 103 Å².